The second-order valence-electron chi connectivity index (χ2n) is 6.98. The summed E-state index contributed by atoms with van der Waals surface area (Å²) in [7, 11) is 0. The molecule has 0 fully saturated rings. The third-order valence-electron chi connectivity index (χ3n) is 4.08. The second-order valence-corrected chi connectivity index (χ2v) is 6.98. The molecule has 0 radical (unpaired) electrons. The van der Waals surface area contributed by atoms with Gasteiger partial charge in [-0.05, 0) is 51.8 Å². The van der Waals surface area contributed by atoms with Crippen LogP contribution < -0.4 is 10.1 Å². The third kappa shape index (κ3) is 6.68. The first-order valence-corrected chi connectivity index (χ1v) is 9.52. The minimum atomic E-state index is -0.870. The summed E-state index contributed by atoms with van der Waals surface area (Å²) >= 11 is 0. The van der Waals surface area contributed by atoms with Gasteiger partial charge in [0.1, 0.15) is 17.4 Å². The van der Waals surface area contributed by atoms with Crippen molar-refractivity contribution in [1.29, 1.82) is 5.26 Å². The Morgan fingerprint density at radius 2 is 2.00 bits per heavy atom. The molecule has 26 heavy (non-hydrogen) atoms. The van der Waals surface area contributed by atoms with Crippen LogP contribution in [-0.2, 0) is 9.53 Å². The van der Waals surface area contributed by atoms with Crippen LogP contribution in [0.3, 0.4) is 0 Å². The second kappa shape index (κ2) is 10.8. The number of benzene rings is 1. The monoisotopic (exact) mass is 360 g/mol. The molecule has 0 saturated heterocycles. The summed E-state index contributed by atoms with van der Waals surface area (Å²) in [6, 6.07) is 7.23. The SMILES string of the molecule is CCCCC[C@@](C)(OCCC)C(=O)Nc1ccc(OC(C)C)c(C#N)c1. The minimum Gasteiger partial charge on any atom is -0.490 e. The Balaban J connectivity index is 2.92. The first-order valence-electron chi connectivity index (χ1n) is 9.52. The standard InChI is InChI=1S/C21H32N2O3/c1-6-8-9-12-21(5,25-13-7-2)20(24)23-18-10-11-19(26-16(3)4)17(14-18)15-22/h10-11,14,16H,6-9,12-13H2,1-5H3,(H,23,24)/t21-/m1/s1. The quantitative estimate of drug-likeness (QED) is 0.561. The van der Waals surface area contributed by atoms with Gasteiger partial charge in [-0.15, -0.1) is 0 Å². The lowest BCUT2D eigenvalue weighted by Crippen LogP contribution is -2.43. The Labute approximate surface area is 157 Å². The Hall–Kier alpha value is -2.06. The largest absolute Gasteiger partial charge is 0.490 e. The summed E-state index contributed by atoms with van der Waals surface area (Å²) in [5, 5.41) is 12.2. The lowest BCUT2D eigenvalue weighted by Gasteiger charge is -2.29. The summed E-state index contributed by atoms with van der Waals surface area (Å²) in [6.07, 6.45) is 4.61. The Morgan fingerprint density at radius 3 is 2.58 bits per heavy atom. The number of nitrogens with zero attached hydrogens (tertiary/aromatic N) is 1. The lowest BCUT2D eigenvalue weighted by atomic mass is 9.96. The molecule has 1 N–H and O–H groups in total. The molecule has 1 aromatic rings. The molecule has 0 unspecified atom stereocenters. The van der Waals surface area contributed by atoms with Crippen LogP contribution in [0.25, 0.3) is 0 Å². The highest BCUT2D eigenvalue weighted by Crippen LogP contribution is 2.26. The van der Waals surface area contributed by atoms with E-state index >= 15 is 0 Å². The van der Waals surface area contributed by atoms with E-state index in [-0.39, 0.29) is 12.0 Å². The van der Waals surface area contributed by atoms with E-state index in [4.69, 9.17) is 9.47 Å². The van der Waals surface area contributed by atoms with Gasteiger partial charge in [-0.25, -0.2) is 0 Å². The summed E-state index contributed by atoms with van der Waals surface area (Å²) in [6.45, 7) is 10.4. The van der Waals surface area contributed by atoms with Crippen LogP contribution >= 0.6 is 0 Å². The van der Waals surface area contributed by atoms with Gasteiger partial charge >= 0.3 is 0 Å². The summed E-state index contributed by atoms with van der Waals surface area (Å²) in [5.41, 5.74) is 0.105. The van der Waals surface area contributed by atoms with Crippen molar-refractivity contribution in [2.24, 2.45) is 0 Å². The predicted molar refractivity (Wildman–Crippen MR) is 104 cm³/mol. The van der Waals surface area contributed by atoms with Gasteiger partial charge in [0, 0.05) is 12.3 Å². The predicted octanol–water partition coefficient (Wildman–Crippen LogP) is 5.05. The zero-order chi connectivity index (χ0) is 19.6. The van der Waals surface area contributed by atoms with Gasteiger partial charge in [-0.3, -0.25) is 4.79 Å². The molecule has 1 aromatic carbocycles. The molecular formula is C21H32N2O3. The van der Waals surface area contributed by atoms with Crippen molar-refractivity contribution in [3.8, 4) is 11.8 Å². The van der Waals surface area contributed by atoms with Gasteiger partial charge in [0.25, 0.3) is 5.91 Å². The molecule has 0 aliphatic carbocycles. The van der Waals surface area contributed by atoms with E-state index in [1.165, 1.54) is 0 Å². The van der Waals surface area contributed by atoms with Crippen molar-refractivity contribution in [3.05, 3.63) is 23.8 Å². The van der Waals surface area contributed by atoms with Crippen LogP contribution in [0.1, 0.15) is 72.3 Å². The van der Waals surface area contributed by atoms with Crippen molar-refractivity contribution in [1.82, 2.24) is 0 Å². The van der Waals surface area contributed by atoms with E-state index in [9.17, 15) is 10.1 Å². The van der Waals surface area contributed by atoms with Gasteiger partial charge < -0.3 is 14.8 Å². The molecule has 1 rings (SSSR count). The maximum atomic E-state index is 12.8. The van der Waals surface area contributed by atoms with Crippen molar-refractivity contribution >= 4 is 11.6 Å². The van der Waals surface area contributed by atoms with Crippen molar-refractivity contribution in [2.75, 3.05) is 11.9 Å². The Morgan fingerprint density at radius 1 is 1.27 bits per heavy atom. The molecule has 144 valence electrons. The molecule has 1 amide bonds. The fourth-order valence-electron chi connectivity index (χ4n) is 2.61. The highest BCUT2D eigenvalue weighted by molar-refractivity contribution is 5.97. The normalized spacial score (nSPS) is 13.1. The summed E-state index contributed by atoms with van der Waals surface area (Å²) < 4.78 is 11.5. The zero-order valence-electron chi connectivity index (χ0n) is 16.7. The molecule has 5 nitrogen and oxygen atoms in total. The fraction of sp³-hybridized carbons (Fsp3) is 0.619. The summed E-state index contributed by atoms with van der Waals surface area (Å²) in [4.78, 5) is 12.8. The number of hydrogen-bond acceptors (Lipinski definition) is 4. The number of amides is 1. The molecule has 1 atom stereocenters. The average Bonchev–Trinajstić information content (AvgIpc) is 2.61. The molecule has 0 aliphatic rings. The van der Waals surface area contributed by atoms with Gasteiger partial charge in [0.15, 0.2) is 0 Å². The number of hydrogen-bond donors (Lipinski definition) is 1. The van der Waals surface area contributed by atoms with Crippen LogP contribution in [0, 0.1) is 11.3 Å². The maximum absolute atomic E-state index is 12.8. The maximum Gasteiger partial charge on any atom is 0.256 e. The van der Waals surface area contributed by atoms with Crippen LogP contribution in [0.15, 0.2) is 18.2 Å². The smallest absolute Gasteiger partial charge is 0.256 e. The number of ether oxygens (including phenoxy) is 2. The van der Waals surface area contributed by atoms with Gasteiger partial charge in [-0.1, -0.05) is 33.1 Å². The number of carbonyl (C=O) groups is 1. The van der Waals surface area contributed by atoms with Crippen molar-refractivity contribution < 1.29 is 14.3 Å². The average molecular weight is 360 g/mol. The molecule has 5 heteroatoms. The van der Waals surface area contributed by atoms with Gasteiger partial charge in [0.05, 0.1) is 11.7 Å². The van der Waals surface area contributed by atoms with Crippen LogP contribution in [0.2, 0.25) is 0 Å². The fourth-order valence-corrected chi connectivity index (χ4v) is 2.61. The molecular weight excluding hydrogens is 328 g/mol. The topological polar surface area (TPSA) is 71.3 Å². The molecule has 0 aromatic heterocycles. The Kier molecular flexibility index (Phi) is 9.15. The van der Waals surface area contributed by atoms with Crippen LogP contribution in [0.5, 0.6) is 5.75 Å². The van der Waals surface area contributed by atoms with E-state index < -0.39 is 5.60 Å². The number of nitriles is 1. The number of rotatable bonds is 11. The number of unbranched alkanes of at least 4 members (excludes halogenated alkanes) is 2. The van der Waals surface area contributed by atoms with Crippen molar-refractivity contribution in [3.63, 3.8) is 0 Å². The minimum absolute atomic E-state index is 0.0214. The van der Waals surface area contributed by atoms with E-state index in [0.717, 1.165) is 25.7 Å². The highest BCUT2D eigenvalue weighted by Gasteiger charge is 2.33. The van der Waals surface area contributed by atoms with Gasteiger partial charge in [0.2, 0.25) is 0 Å². The first-order chi connectivity index (χ1) is 12.4. The van der Waals surface area contributed by atoms with Gasteiger partial charge in [-0.2, -0.15) is 5.26 Å². The number of nitrogens with one attached hydrogen (secondary N) is 1. The molecule has 0 saturated carbocycles. The van der Waals surface area contributed by atoms with E-state index in [1.807, 2.05) is 27.7 Å². The highest BCUT2D eigenvalue weighted by atomic mass is 16.5. The molecule has 0 heterocycles. The third-order valence-corrected chi connectivity index (χ3v) is 4.08. The molecule has 0 bridgehead atoms. The van der Waals surface area contributed by atoms with Crippen molar-refractivity contribution in [2.45, 2.75) is 78.4 Å². The zero-order valence-corrected chi connectivity index (χ0v) is 16.7. The summed E-state index contributed by atoms with van der Waals surface area (Å²) in [5.74, 6) is 0.344. The first kappa shape index (κ1) is 22.0. The Bertz CT molecular complexity index is 622. The van der Waals surface area contributed by atoms with E-state index in [1.54, 1.807) is 18.2 Å². The number of anilines is 1. The lowest BCUT2D eigenvalue weighted by molar-refractivity contribution is -0.140. The number of carbonyl (C=O) groups excluding carboxylic acids is 1. The van der Waals surface area contributed by atoms with Crippen LogP contribution in [0.4, 0.5) is 5.69 Å². The molecule has 0 aliphatic heterocycles. The molecule has 0 spiro atoms. The van der Waals surface area contributed by atoms with Crippen LogP contribution in [-0.4, -0.2) is 24.2 Å². The van der Waals surface area contributed by atoms with E-state index in [2.05, 4.69) is 18.3 Å². The van der Waals surface area contributed by atoms with E-state index in [0.29, 0.717) is 30.0 Å².